The van der Waals surface area contributed by atoms with Gasteiger partial charge in [-0.25, -0.2) is 0 Å². The molecule has 0 fully saturated rings. The number of Topliss-reactive ketones (excluding diaryl/α,β-unsaturated/α-hetero) is 1. The summed E-state index contributed by atoms with van der Waals surface area (Å²) in [5.74, 6) is -0.735. The molecule has 0 unspecified atom stereocenters. The number of allylic oxidation sites excluding steroid dienone is 2. The zero-order valence-corrected chi connectivity index (χ0v) is 16.2. The molecule has 1 aromatic rings. The Morgan fingerprint density at radius 1 is 1.31 bits per heavy atom. The number of hydrogen-bond acceptors (Lipinski definition) is 5. The van der Waals surface area contributed by atoms with E-state index in [-0.39, 0.29) is 41.1 Å². The molecule has 5 heteroatoms. The Kier molecular flexibility index (Phi) is 7.90. The van der Waals surface area contributed by atoms with Gasteiger partial charge in [-0.05, 0) is 39.7 Å². The van der Waals surface area contributed by atoms with Crippen LogP contribution in [0.4, 0.5) is 0 Å². The van der Waals surface area contributed by atoms with Crippen LogP contribution < -0.4 is 4.74 Å². The predicted molar refractivity (Wildman–Crippen MR) is 103 cm³/mol. The topological polar surface area (TPSA) is 87.0 Å². The minimum atomic E-state index is -0.846. The van der Waals surface area contributed by atoms with E-state index in [0.29, 0.717) is 12.8 Å². The quantitative estimate of drug-likeness (QED) is 0.448. The van der Waals surface area contributed by atoms with E-state index in [1.807, 2.05) is 26.0 Å². The molecule has 0 aliphatic carbocycles. The maximum absolute atomic E-state index is 12.5. The molecule has 0 aromatic heterocycles. The van der Waals surface area contributed by atoms with Crippen molar-refractivity contribution in [2.75, 3.05) is 6.61 Å². The second kappa shape index (κ2) is 9.43. The predicted octanol–water partition coefficient (Wildman–Crippen LogP) is 4.37. The Labute approximate surface area is 155 Å². The van der Waals surface area contributed by atoms with Crippen molar-refractivity contribution in [2.45, 2.75) is 53.1 Å². The third-order valence-electron chi connectivity index (χ3n) is 4.01. The lowest BCUT2D eigenvalue weighted by molar-refractivity contribution is 0.0920. The van der Waals surface area contributed by atoms with E-state index in [1.165, 1.54) is 6.07 Å². The molecule has 144 valence electrons. The highest BCUT2D eigenvalue weighted by Crippen LogP contribution is 2.35. The highest BCUT2D eigenvalue weighted by molar-refractivity contribution is 6.02. The van der Waals surface area contributed by atoms with Gasteiger partial charge >= 0.3 is 0 Å². The molecule has 0 saturated heterocycles. The molecule has 1 rings (SSSR count). The van der Waals surface area contributed by atoms with Gasteiger partial charge in [0.2, 0.25) is 0 Å². The fourth-order valence-electron chi connectivity index (χ4n) is 2.27. The number of hydrogen-bond donors (Lipinski definition) is 3. The van der Waals surface area contributed by atoms with Gasteiger partial charge < -0.3 is 20.1 Å². The van der Waals surface area contributed by atoms with Crippen LogP contribution in [0.2, 0.25) is 0 Å². The van der Waals surface area contributed by atoms with Gasteiger partial charge in [-0.3, -0.25) is 4.79 Å². The third kappa shape index (κ3) is 6.92. The minimum absolute atomic E-state index is 0.102. The number of aliphatic hydroxyl groups is 1. The summed E-state index contributed by atoms with van der Waals surface area (Å²) < 4.78 is 5.64. The second-order valence-corrected chi connectivity index (χ2v) is 7.13. The van der Waals surface area contributed by atoms with Crippen LogP contribution in [-0.4, -0.2) is 33.3 Å². The van der Waals surface area contributed by atoms with Crippen molar-refractivity contribution in [3.63, 3.8) is 0 Å². The summed E-state index contributed by atoms with van der Waals surface area (Å²) in [7, 11) is 0. The molecule has 0 heterocycles. The summed E-state index contributed by atoms with van der Waals surface area (Å²) in [6.45, 7) is 9.23. The first-order valence-corrected chi connectivity index (χ1v) is 8.83. The van der Waals surface area contributed by atoms with E-state index < -0.39 is 5.60 Å². The summed E-state index contributed by atoms with van der Waals surface area (Å²) in [5, 5.41) is 29.4. The van der Waals surface area contributed by atoms with Crippen molar-refractivity contribution in [1.29, 1.82) is 0 Å². The molecule has 0 bridgehead atoms. The minimum Gasteiger partial charge on any atom is -0.508 e. The van der Waals surface area contributed by atoms with Gasteiger partial charge in [0.1, 0.15) is 29.4 Å². The van der Waals surface area contributed by atoms with Gasteiger partial charge in [0.05, 0.1) is 5.60 Å². The molecule has 0 radical (unpaired) electrons. The largest absolute Gasteiger partial charge is 0.508 e. The van der Waals surface area contributed by atoms with E-state index in [2.05, 4.69) is 0 Å². The SMILES string of the molecule is CC[C@H](C)C(=O)c1c(O)cc(O)cc1OCC=C(C)CC=CC(C)(C)O. The van der Waals surface area contributed by atoms with Gasteiger partial charge in [0.25, 0.3) is 0 Å². The number of aromatic hydroxyl groups is 2. The molecule has 5 nitrogen and oxygen atoms in total. The molecule has 0 amide bonds. The maximum atomic E-state index is 12.5. The Morgan fingerprint density at radius 2 is 1.96 bits per heavy atom. The molecule has 0 spiro atoms. The lowest BCUT2D eigenvalue weighted by Crippen LogP contribution is -2.13. The van der Waals surface area contributed by atoms with Crippen LogP contribution in [-0.2, 0) is 0 Å². The number of rotatable bonds is 9. The third-order valence-corrected chi connectivity index (χ3v) is 4.01. The molecule has 1 aromatic carbocycles. The van der Waals surface area contributed by atoms with Gasteiger partial charge in [0, 0.05) is 18.1 Å². The van der Waals surface area contributed by atoms with Crippen LogP contribution in [0.5, 0.6) is 17.2 Å². The van der Waals surface area contributed by atoms with Crippen molar-refractivity contribution in [3.05, 3.63) is 41.5 Å². The Bertz CT molecular complexity index is 680. The van der Waals surface area contributed by atoms with Crippen LogP contribution in [0.15, 0.2) is 35.9 Å². The number of phenolic OH excluding ortho intramolecular Hbond substituents is 2. The van der Waals surface area contributed by atoms with E-state index in [1.54, 1.807) is 26.8 Å². The van der Waals surface area contributed by atoms with Crippen molar-refractivity contribution >= 4 is 5.78 Å². The van der Waals surface area contributed by atoms with Crippen molar-refractivity contribution in [2.24, 2.45) is 5.92 Å². The number of ketones is 1. The molecule has 26 heavy (non-hydrogen) atoms. The maximum Gasteiger partial charge on any atom is 0.173 e. The van der Waals surface area contributed by atoms with Gasteiger partial charge in [-0.2, -0.15) is 0 Å². The molecule has 0 aliphatic heterocycles. The van der Waals surface area contributed by atoms with E-state index in [9.17, 15) is 20.1 Å². The molecular formula is C21H30O5. The lowest BCUT2D eigenvalue weighted by Gasteiger charge is -2.15. The number of ether oxygens (including phenoxy) is 1. The van der Waals surface area contributed by atoms with E-state index >= 15 is 0 Å². The van der Waals surface area contributed by atoms with Gasteiger partial charge in [-0.15, -0.1) is 0 Å². The van der Waals surface area contributed by atoms with Crippen LogP contribution in [0.25, 0.3) is 0 Å². The second-order valence-electron chi connectivity index (χ2n) is 7.13. The number of phenols is 2. The zero-order valence-electron chi connectivity index (χ0n) is 16.2. The first-order chi connectivity index (χ1) is 12.0. The first-order valence-electron chi connectivity index (χ1n) is 8.83. The van der Waals surface area contributed by atoms with E-state index in [4.69, 9.17) is 4.74 Å². The average Bonchev–Trinajstić information content (AvgIpc) is 2.51. The van der Waals surface area contributed by atoms with Crippen LogP contribution >= 0.6 is 0 Å². The standard InChI is InChI=1S/C21H30O5/c1-6-15(3)20(24)19-17(23)12-16(22)13-18(19)26-11-9-14(2)8-7-10-21(4,5)25/h7,9-10,12-13,15,22-23,25H,6,8,11H2,1-5H3/t15-/m0/s1. The van der Waals surface area contributed by atoms with Gasteiger partial charge in [-0.1, -0.05) is 31.6 Å². The smallest absolute Gasteiger partial charge is 0.173 e. The van der Waals surface area contributed by atoms with Crippen molar-refractivity contribution in [3.8, 4) is 17.2 Å². The molecular weight excluding hydrogens is 332 g/mol. The molecule has 0 saturated carbocycles. The Morgan fingerprint density at radius 3 is 2.54 bits per heavy atom. The van der Waals surface area contributed by atoms with Crippen molar-refractivity contribution in [1.82, 2.24) is 0 Å². The first kappa shape index (κ1) is 21.8. The fraction of sp³-hybridized carbons (Fsp3) is 0.476. The normalized spacial score (nSPS) is 13.8. The molecule has 3 N–H and O–H groups in total. The highest BCUT2D eigenvalue weighted by Gasteiger charge is 2.23. The van der Waals surface area contributed by atoms with Crippen LogP contribution in [0.3, 0.4) is 0 Å². The fourth-order valence-corrected chi connectivity index (χ4v) is 2.27. The summed E-state index contributed by atoms with van der Waals surface area (Å²) in [4.78, 5) is 12.5. The molecule has 0 aliphatic rings. The lowest BCUT2D eigenvalue weighted by atomic mass is 9.95. The number of benzene rings is 1. The monoisotopic (exact) mass is 362 g/mol. The van der Waals surface area contributed by atoms with Gasteiger partial charge in [0.15, 0.2) is 5.78 Å². The summed E-state index contributed by atoms with van der Waals surface area (Å²) in [6, 6.07) is 2.48. The van der Waals surface area contributed by atoms with Crippen molar-refractivity contribution < 1.29 is 24.9 Å². The summed E-state index contributed by atoms with van der Waals surface area (Å²) in [5.41, 5.74) is 0.288. The zero-order chi connectivity index (χ0) is 19.9. The summed E-state index contributed by atoms with van der Waals surface area (Å²) >= 11 is 0. The highest BCUT2D eigenvalue weighted by atomic mass is 16.5. The number of carbonyl (C=O) groups excluding carboxylic acids is 1. The average molecular weight is 362 g/mol. The molecule has 1 atom stereocenters. The Balaban J connectivity index is 2.88. The van der Waals surface area contributed by atoms with Crippen LogP contribution in [0, 0.1) is 5.92 Å². The summed E-state index contributed by atoms with van der Waals surface area (Å²) in [6.07, 6.45) is 6.76. The van der Waals surface area contributed by atoms with Crippen LogP contribution in [0.1, 0.15) is 57.8 Å². The Hall–Kier alpha value is -2.27. The number of carbonyl (C=O) groups is 1. The van der Waals surface area contributed by atoms with E-state index in [0.717, 1.165) is 11.6 Å².